The average Bonchev–Trinajstić information content (AvgIpc) is 3.56. The molecule has 0 bridgehead atoms. The van der Waals surface area contributed by atoms with Crippen LogP contribution < -0.4 is 36.5 Å². The number of rotatable bonds is 12. The molecule has 2 fully saturated rings. The summed E-state index contributed by atoms with van der Waals surface area (Å²) in [5.41, 5.74) is 9.28. The minimum absolute atomic E-state index is 0.105. The molecule has 5 amide bonds. The lowest BCUT2D eigenvalue weighted by Crippen LogP contribution is -2.45. The second kappa shape index (κ2) is 14.2. The summed E-state index contributed by atoms with van der Waals surface area (Å²) in [5.74, 6) is -1.55. The van der Waals surface area contributed by atoms with Gasteiger partial charge in [-0.15, -0.1) is 0 Å². The van der Waals surface area contributed by atoms with Crippen molar-refractivity contribution in [3.63, 3.8) is 0 Å². The molecule has 238 valence electrons. The SMILES string of the molecule is CCN(CCNN(C)C(=O)Nc1ccc(N2C[C@H](CNC(C)=O)OC2=O)cc1F)c1ccc(N2C[C@H](CN)OC2=O)cc1F. The highest BCUT2D eigenvalue weighted by molar-refractivity contribution is 5.92. The number of cyclic esters (lactones) is 2. The highest BCUT2D eigenvalue weighted by Crippen LogP contribution is 2.28. The number of anilines is 4. The molecule has 0 aliphatic carbocycles. The first-order valence-corrected chi connectivity index (χ1v) is 14.0. The Bertz CT molecular complexity index is 1400. The summed E-state index contributed by atoms with van der Waals surface area (Å²) >= 11 is 0. The van der Waals surface area contributed by atoms with Crippen LogP contribution in [0.15, 0.2) is 36.4 Å². The number of ether oxygens (including phenoxy) is 2. The highest BCUT2D eigenvalue weighted by Gasteiger charge is 2.33. The number of urea groups is 1. The number of hydrazine groups is 1. The van der Waals surface area contributed by atoms with Gasteiger partial charge in [-0.2, -0.15) is 0 Å². The van der Waals surface area contributed by atoms with Gasteiger partial charge in [0.1, 0.15) is 23.8 Å². The maximum atomic E-state index is 15.1. The van der Waals surface area contributed by atoms with Crippen LogP contribution in [0.4, 0.5) is 45.9 Å². The lowest BCUT2D eigenvalue weighted by molar-refractivity contribution is -0.119. The summed E-state index contributed by atoms with van der Waals surface area (Å²) in [6.45, 7) is 4.91. The molecule has 0 radical (unpaired) electrons. The Hall–Kier alpha value is -4.70. The van der Waals surface area contributed by atoms with Crippen molar-refractivity contribution >= 4 is 46.9 Å². The molecule has 2 aliphatic rings. The van der Waals surface area contributed by atoms with Gasteiger partial charge in [-0.05, 0) is 43.3 Å². The van der Waals surface area contributed by atoms with Gasteiger partial charge in [0, 0.05) is 40.2 Å². The molecule has 0 spiro atoms. The number of carbonyl (C=O) groups is 4. The molecule has 0 saturated carbocycles. The van der Waals surface area contributed by atoms with E-state index in [0.29, 0.717) is 24.5 Å². The Balaban J connectivity index is 1.28. The minimum atomic E-state index is -0.765. The Kier molecular flexibility index (Phi) is 10.4. The van der Waals surface area contributed by atoms with Crippen molar-refractivity contribution in [1.82, 2.24) is 15.8 Å². The molecule has 2 aromatic carbocycles. The van der Waals surface area contributed by atoms with E-state index in [0.717, 1.165) is 11.1 Å². The molecule has 2 saturated heterocycles. The number of halogens is 2. The number of nitrogens with two attached hydrogens (primary N) is 1. The smallest absolute Gasteiger partial charge is 0.414 e. The van der Waals surface area contributed by atoms with Crippen LogP contribution in [0.25, 0.3) is 0 Å². The molecule has 2 heterocycles. The van der Waals surface area contributed by atoms with E-state index in [-0.39, 0.29) is 50.0 Å². The van der Waals surface area contributed by atoms with Gasteiger partial charge in [-0.1, -0.05) is 0 Å². The Morgan fingerprint density at radius 1 is 1.00 bits per heavy atom. The van der Waals surface area contributed by atoms with E-state index in [1.54, 1.807) is 17.0 Å². The number of carbonyl (C=O) groups excluding carboxylic acids is 4. The van der Waals surface area contributed by atoms with Crippen molar-refractivity contribution in [1.29, 1.82) is 0 Å². The van der Waals surface area contributed by atoms with Gasteiger partial charge in [-0.25, -0.2) is 28.6 Å². The average molecular weight is 619 g/mol. The summed E-state index contributed by atoms with van der Waals surface area (Å²) in [7, 11) is 1.45. The first-order chi connectivity index (χ1) is 21.0. The van der Waals surface area contributed by atoms with Crippen LogP contribution in [0.2, 0.25) is 0 Å². The van der Waals surface area contributed by atoms with Crippen LogP contribution in [0, 0.1) is 11.6 Å². The van der Waals surface area contributed by atoms with Gasteiger partial charge >= 0.3 is 18.2 Å². The summed E-state index contributed by atoms with van der Waals surface area (Å²) in [6.07, 6.45) is -2.27. The molecular formula is C28H36F2N8O6. The van der Waals surface area contributed by atoms with E-state index in [1.807, 2.05) is 6.92 Å². The standard InChI is InChI=1S/C28H36F2N8O6/c1-4-36(25-8-6-19(12-23(25)30)37-15-20(13-31)43-27(37)41)10-9-33-35(3)26(40)34-24-7-5-18(11-22(24)29)38-16-21(44-28(38)42)14-32-17(2)39/h5-8,11-12,20-21,33H,4,9-10,13-16,31H2,1-3H3,(H,32,39)(H,34,40)/t20-,21-/m0/s1. The first kappa shape index (κ1) is 32.2. The summed E-state index contributed by atoms with van der Waals surface area (Å²) in [4.78, 5) is 52.4. The van der Waals surface area contributed by atoms with E-state index >= 15 is 4.39 Å². The third kappa shape index (κ3) is 7.62. The molecule has 2 atom stereocenters. The van der Waals surface area contributed by atoms with Crippen molar-refractivity contribution in [2.24, 2.45) is 5.73 Å². The van der Waals surface area contributed by atoms with Gasteiger partial charge in [0.2, 0.25) is 5.91 Å². The Morgan fingerprint density at radius 2 is 1.61 bits per heavy atom. The molecule has 2 aliphatic heterocycles. The number of amides is 5. The number of likely N-dealkylation sites (N-methyl/N-ethyl adjacent to an activating group) is 1. The fraction of sp³-hybridized carbons (Fsp3) is 0.429. The van der Waals surface area contributed by atoms with Crippen molar-refractivity contribution < 1.29 is 37.4 Å². The summed E-state index contributed by atoms with van der Waals surface area (Å²) in [5, 5.41) is 6.17. The van der Waals surface area contributed by atoms with E-state index in [2.05, 4.69) is 16.1 Å². The first-order valence-electron chi connectivity index (χ1n) is 14.0. The van der Waals surface area contributed by atoms with Crippen LogP contribution in [-0.4, -0.2) is 94.2 Å². The summed E-state index contributed by atoms with van der Waals surface area (Å²) in [6, 6.07) is 7.72. The lowest BCUT2D eigenvalue weighted by atomic mass is 10.2. The normalized spacial score (nSPS) is 17.8. The second-order valence-corrected chi connectivity index (χ2v) is 10.2. The largest absolute Gasteiger partial charge is 0.443 e. The Labute approximate surface area is 253 Å². The zero-order valence-corrected chi connectivity index (χ0v) is 24.6. The third-order valence-corrected chi connectivity index (χ3v) is 7.10. The summed E-state index contributed by atoms with van der Waals surface area (Å²) < 4.78 is 40.2. The van der Waals surface area contributed by atoms with E-state index < -0.39 is 42.1 Å². The quantitative estimate of drug-likeness (QED) is 0.261. The van der Waals surface area contributed by atoms with Gasteiger partial charge in [-0.3, -0.25) is 19.6 Å². The number of benzene rings is 2. The topological polar surface area (TPSA) is 162 Å². The van der Waals surface area contributed by atoms with Crippen LogP contribution >= 0.6 is 0 Å². The van der Waals surface area contributed by atoms with E-state index in [9.17, 15) is 23.6 Å². The van der Waals surface area contributed by atoms with E-state index in [1.165, 1.54) is 42.0 Å². The Morgan fingerprint density at radius 3 is 2.18 bits per heavy atom. The molecule has 16 heteroatoms. The number of nitrogens with one attached hydrogen (secondary N) is 3. The predicted octanol–water partition coefficient (Wildman–Crippen LogP) is 2.20. The monoisotopic (exact) mass is 618 g/mol. The van der Waals surface area contributed by atoms with Gasteiger partial charge in [0.15, 0.2) is 0 Å². The van der Waals surface area contributed by atoms with E-state index in [4.69, 9.17) is 15.2 Å². The van der Waals surface area contributed by atoms with Crippen molar-refractivity contribution in [3.8, 4) is 0 Å². The molecule has 0 unspecified atom stereocenters. The maximum absolute atomic E-state index is 15.1. The molecule has 2 aromatic rings. The number of nitrogens with zero attached hydrogens (tertiary/aromatic N) is 4. The van der Waals surface area contributed by atoms with Gasteiger partial charge in [0.05, 0.1) is 42.4 Å². The molecule has 14 nitrogen and oxygen atoms in total. The predicted molar refractivity (Wildman–Crippen MR) is 158 cm³/mol. The maximum Gasteiger partial charge on any atom is 0.414 e. The molecule has 44 heavy (non-hydrogen) atoms. The van der Waals surface area contributed by atoms with Crippen molar-refractivity contribution in [2.45, 2.75) is 26.1 Å². The molecule has 0 aromatic heterocycles. The zero-order valence-electron chi connectivity index (χ0n) is 24.6. The van der Waals surface area contributed by atoms with Gasteiger partial charge < -0.3 is 30.7 Å². The van der Waals surface area contributed by atoms with Crippen molar-refractivity contribution in [2.75, 3.05) is 72.9 Å². The van der Waals surface area contributed by atoms with Crippen LogP contribution in [-0.2, 0) is 14.3 Å². The van der Waals surface area contributed by atoms with Crippen LogP contribution in [0.1, 0.15) is 13.8 Å². The van der Waals surface area contributed by atoms with Crippen molar-refractivity contribution in [3.05, 3.63) is 48.0 Å². The highest BCUT2D eigenvalue weighted by atomic mass is 19.1. The minimum Gasteiger partial charge on any atom is -0.443 e. The molecular weight excluding hydrogens is 582 g/mol. The number of hydrogen-bond acceptors (Lipinski definition) is 9. The van der Waals surface area contributed by atoms with Crippen LogP contribution in [0.5, 0.6) is 0 Å². The fourth-order valence-corrected chi connectivity index (χ4v) is 4.72. The van der Waals surface area contributed by atoms with Crippen LogP contribution in [0.3, 0.4) is 0 Å². The second-order valence-electron chi connectivity index (χ2n) is 10.2. The number of hydrogen-bond donors (Lipinski definition) is 4. The van der Waals surface area contributed by atoms with Gasteiger partial charge in [0.25, 0.3) is 0 Å². The third-order valence-electron chi connectivity index (χ3n) is 7.10. The fourth-order valence-electron chi connectivity index (χ4n) is 4.72. The molecule has 4 rings (SSSR count). The lowest BCUT2D eigenvalue weighted by Gasteiger charge is -2.26. The zero-order chi connectivity index (χ0) is 32.0. The molecule has 5 N–H and O–H groups in total.